The maximum absolute atomic E-state index is 11.0. The van der Waals surface area contributed by atoms with E-state index in [2.05, 4.69) is 44.8 Å². The Bertz CT molecular complexity index is 713. The maximum atomic E-state index is 11.0. The van der Waals surface area contributed by atoms with Crippen LogP contribution in [0.3, 0.4) is 0 Å². The van der Waals surface area contributed by atoms with Crippen molar-refractivity contribution in [2.24, 2.45) is 4.99 Å². The molecule has 1 aliphatic heterocycles. The Balaban J connectivity index is 1.94. The number of hydrogen-bond donors (Lipinski definition) is 2. The lowest BCUT2D eigenvalue weighted by Crippen LogP contribution is -2.52. The summed E-state index contributed by atoms with van der Waals surface area (Å²) in [6.07, 6.45) is 4.43. The Morgan fingerprint density at radius 2 is 2.33 bits per heavy atom. The molecule has 0 spiro atoms. The molecule has 148 valence electrons. The van der Waals surface area contributed by atoms with E-state index in [0.29, 0.717) is 15.8 Å². The number of halogens is 1. The number of piperazine rings is 1. The number of nitrogens with zero attached hydrogens (tertiary/aromatic N) is 4. The molecule has 1 amide bonds. The fourth-order valence-electron chi connectivity index (χ4n) is 2.91. The van der Waals surface area contributed by atoms with Gasteiger partial charge in [0.15, 0.2) is 3.84 Å². The van der Waals surface area contributed by atoms with E-state index in [0.717, 1.165) is 37.5 Å². The summed E-state index contributed by atoms with van der Waals surface area (Å²) in [7, 11) is 3.80. The van der Waals surface area contributed by atoms with E-state index in [4.69, 9.17) is 4.74 Å². The molecule has 0 radical (unpaired) electrons. The van der Waals surface area contributed by atoms with Crippen molar-refractivity contribution in [3.8, 4) is 5.88 Å². The molecule has 1 aliphatic rings. The van der Waals surface area contributed by atoms with Crippen molar-refractivity contribution in [1.29, 1.82) is 0 Å². The van der Waals surface area contributed by atoms with E-state index in [1.165, 1.54) is 12.5 Å². The topological polar surface area (TPSA) is 70.1 Å². The molecule has 0 bridgehead atoms. The van der Waals surface area contributed by atoms with Crippen molar-refractivity contribution in [2.45, 2.75) is 19.4 Å². The van der Waals surface area contributed by atoms with E-state index >= 15 is 0 Å². The van der Waals surface area contributed by atoms with Crippen LogP contribution >= 0.6 is 35.2 Å². The summed E-state index contributed by atoms with van der Waals surface area (Å²) in [4.78, 5) is 25.0. The van der Waals surface area contributed by atoms with Gasteiger partial charge in [-0.3, -0.25) is 9.69 Å². The predicted molar refractivity (Wildman–Crippen MR) is 120 cm³/mol. The summed E-state index contributed by atoms with van der Waals surface area (Å²) in [6, 6.07) is 4.45. The van der Waals surface area contributed by atoms with E-state index in [1.807, 2.05) is 34.7 Å². The van der Waals surface area contributed by atoms with Crippen molar-refractivity contribution in [3.05, 3.63) is 35.0 Å². The minimum Gasteiger partial charge on any atom is -0.481 e. The average molecular weight is 503 g/mol. The Labute approximate surface area is 179 Å². The first-order chi connectivity index (χ1) is 12.9. The van der Waals surface area contributed by atoms with Gasteiger partial charge in [-0.25, -0.2) is 9.98 Å². The summed E-state index contributed by atoms with van der Waals surface area (Å²) < 4.78 is 5.76. The number of likely N-dealkylation sites (N-methyl/N-ethyl adjacent to an activating group) is 1. The van der Waals surface area contributed by atoms with Crippen molar-refractivity contribution in [1.82, 2.24) is 20.1 Å². The van der Waals surface area contributed by atoms with Crippen LogP contribution in [-0.2, 0) is 11.2 Å². The van der Waals surface area contributed by atoms with Gasteiger partial charge in [0.05, 0.1) is 7.11 Å². The van der Waals surface area contributed by atoms with Gasteiger partial charge in [0.25, 0.3) is 0 Å². The van der Waals surface area contributed by atoms with Crippen LogP contribution in [0.15, 0.2) is 34.4 Å². The molecule has 9 heteroatoms. The van der Waals surface area contributed by atoms with E-state index in [1.54, 1.807) is 19.5 Å². The second-order valence-electron chi connectivity index (χ2n) is 6.50. The van der Waals surface area contributed by atoms with E-state index in [-0.39, 0.29) is 5.91 Å². The third-order valence-electron chi connectivity index (χ3n) is 4.33. The maximum Gasteiger partial charge on any atom is 0.222 e. The molecule has 1 atom stereocenters. The monoisotopic (exact) mass is 503 g/mol. The van der Waals surface area contributed by atoms with Gasteiger partial charge >= 0.3 is 0 Å². The molecule has 0 aromatic carbocycles. The number of aliphatic imine (C=N–C) groups is 1. The van der Waals surface area contributed by atoms with Gasteiger partial charge in [0.2, 0.25) is 11.8 Å². The van der Waals surface area contributed by atoms with Crippen molar-refractivity contribution >= 4 is 45.0 Å². The van der Waals surface area contributed by atoms with Crippen LogP contribution in [0, 0.1) is 0 Å². The number of amidine groups is 1. The zero-order valence-electron chi connectivity index (χ0n) is 15.9. The largest absolute Gasteiger partial charge is 0.481 e. The Hall–Kier alpha value is -1.17. The van der Waals surface area contributed by atoms with Gasteiger partial charge in [0, 0.05) is 62.5 Å². The lowest BCUT2D eigenvalue weighted by Gasteiger charge is -2.39. The molecule has 1 aromatic rings. The highest BCUT2D eigenvalue weighted by atomic mass is 127. The molecule has 27 heavy (non-hydrogen) atoms. The summed E-state index contributed by atoms with van der Waals surface area (Å²) >= 11 is 6.53. The van der Waals surface area contributed by atoms with Gasteiger partial charge in [0.1, 0.15) is 0 Å². The molecule has 1 fully saturated rings. The quantitative estimate of drug-likeness (QED) is 0.204. The number of hydrogen-bond acceptors (Lipinski definition) is 7. The van der Waals surface area contributed by atoms with Crippen molar-refractivity contribution in [2.75, 3.05) is 40.3 Å². The fraction of sp³-hybridized carbons (Fsp3) is 0.500. The number of carbonyl (C=O) groups is 1. The van der Waals surface area contributed by atoms with Gasteiger partial charge < -0.3 is 15.0 Å². The zero-order valence-corrected chi connectivity index (χ0v) is 18.9. The van der Waals surface area contributed by atoms with Gasteiger partial charge in [-0.1, -0.05) is 0 Å². The molecular formula is C18H26IN5O2S. The number of rotatable bonds is 6. The van der Waals surface area contributed by atoms with Crippen molar-refractivity contribution in [3.63, 3.8) is 0 Å². The number of pyridine rings is 1. The van der Waals surface area contributed by atoms with Crippen LogP contribution in [0.5, 0.6) is 5.88 Å². The first-order valence-corrected chi connectivity index (χ1v) is 10.2. The summed E-state index contributed by atoms with van der Waals surface area (Å²) in [5.41, 5.74) is 1.22. The second-order valence-corrected chi connectivity index (χ2v) is 8.10. The van der Waals surface area contributed by atoms with Crippen LogP contribution in [0.1, 0.15) is 12.5 Å². The minimum atomic E-state index is -0.132. The molecule has 1 aromatic heterocycles. The van der Waals surface area contributed by atoms with Crippen LogP contribution < -0.4 is 10.1 Å². The van der Waals surface area contributed by atoms with Crippen molar-refractivity contribution < 1.29 is 9.53 Å². The standard InChI is InChI=1S/C18H26IN5O2S/c1-13(25)22-18(19)21-10-16(27)12-24-7-6-23(2)15(11-24)8-14-4-5-20-17(9-14)26-3/h4-5,9-10,15,27H,6-8,11-12H2,1-3H3,(H,21,22,25)/b16-10-. The Morgan fingerprint density at radius 3 is 3.04 bits per heavy atom. The predicted octanol–water partition coefficient (Wildman–Crippen LogP) is 1.95. The Morgan fingerprint density at radius 1 is 1.56 bits per heavy atom. The highest BCUT2D eigenvalue weighted by Gasteiger charge is 2.24. The molecule has 7 nitrogen and oxygen atoms in total. The van der Waals surface area contributed by atoms with Crippen LogP contribution in [0.4, 0.5) is 0 Å². The molecule has 2 heterocycles. The molecular weight excluding hydrogens is 477 g/mol. The average Bonchev–Trinajstić information content (AvgIpc) is 2.62. The lowest BCUT2D eigenvalue weighted by molar-refractivity contribution is -0.117. The number of thiol groups is 1. The number of nitrogens with one attached hydrogen (secondary N) is 1. The summed E-state index contributed by atoms with van der Waals surface area (Å²) in [6.45, 7) is 5.13. The van der Waals surface area contributed by atoms with Gasteiger partial charge in [-0.15, -0.1) is 12.6 Å². The van der Waals surface area contributed by atoms with Gasteiger partial charge in [-0.2, -0.15) is 0 Å². The fourth-order valence-corrected chi connectivity index (χ4v) is 3.69. The molecule has 1 N–H and O–H groups in total. The molecule has 1 unspecified atom stereocenters. The van der Waals surface area contributed by atoms with E-state index in [9.17, 15) is 4.79 Å². The highest BCUT2D eigenvalue weighted by Crippen LogP contribution is 2.17. The third-order valence-corrected chi connectivity index (χ3v) is 5.14. The number of carbonyl (C=O) groups excluding carboxylic acids is 1. The first kappa shape index (κ1) is 22.1. The highest BCUT2D eigenvalue weighted by molar-refractivity contribution is 14.1. The molecule has 0 saturated carbocycles. The van der Waals surface area contributed by atoms with Crippen LogP contribution in [0.25, 0.3) is 0 Å². The molecule has 0 aliphatic carbocycles. The number of methoxy groups -OCH3 is 1. The van der Waals surface area contributed by atoms with Crippen LogP contribution in [0.2, 0.25) is 0 Å². The number of aromatic nitrogens is 1. The number of ether oxygens (including phenoxy) is 1. The summed E-state index contributed by atoms with van der Waals surface area (Å²) in [5, 5.41) is 2.63. The normalized spacial score (nSPS) is 19.8. The SMILES string of the molecule is COc1cc(CC2CN(C/C(S)=C/N=C(I)NC(C)=O)CCN2C)ccn1. The lowest BCUT2D eigenvalue weighted by atomic mass is 10.0. The zero-order chi connectivity index (χ0) is 19.8. The van der Waals surface area contributed by atoms with Gasteiger partial charge in [-0.05, 0) is 47.7 Å². The van der Waals surface area contributed by atoms with E-state index < -0.39 is 0 Å². The third kappa shape index (κ3) is 7.76. The second kappa shape index (κ2) is 11.0. The first-order valence-electron chi connectivity index (χ1n) is 8.67. The molecule has 1 saturated heterocycles. The minimum absolute atomic E-state index is 0.132. The molecule has 2 rings (SSSR count). The number of amides is 1. The summed E-state index contributed by atoms with van der Waals surface area (Å²) in [5.74, 6) is 0.516. The smallest absolute Gasteiger partial charge is 0.222 e. The Kier molecular flexibility index (Phi) is 9.00. The van der Waals surface area contributed by atoms with Crippen LogP contribution in [-0.4, -0.2) is 70.9 Å².